The summed E-state index contributed by atoms with van der Waals surface area (Å²) in [6.07, 6.45) is 1.89. The first-order valence-corrected chi connectivity index (χ1v) is 9.82. The molecule has 0 aliphatic carbocycles. The van der Waals surface area contributed by atoms with E-state index < -0.39 is 5.92 Å². The van der Waals surface area contributed by atoms with E-state index in [-0.39, 0.29) is 24.2 Å². The third-order valence-electron chi connectivity index (χ3n) is 4.66. The number of carbonyl (C=O) groups is 2. The van der Waals surface area contributed by atoms with Crippen LogP contribution in [-0.2, 0) is 17.8 Å². The van der Waals surface area contributed by atoms with Crippen molar-refractivity contribution in [2.75, 3.05) is 7.11 Å². The maximum absolute atomic E-state index is 12.5. The van der Waals surface area contributed by atoms with Crippen LogP contribution in [0.2, 0.25) is 0 Å². The lowest BCUT2D eigenvalue weighted by atomic mass is 10.0. The Morgan fingerprint density at radius 1 is 1.10 bits per heavy atom. The van der Waals surface area contributed by atoms with Gasteiger partial charge in [0.15, 0.2) is 11.5 Å². The molecule has 0 aliphatic rings. The molecule has 0 saturated heterocycles. The van der Waals surface area contributed by atoms with E-state index >= 15 is 0 Å². The van der Waals surface area contributed by atoms with Gasteiger partial charge >= 0.3 is 5.97 Å². The van der Waals surface area contributed by atoms with E-state index in [1.165, 1.54) is 13.2 Å². The van der Waals surface area contributed by atoms with Gasteiger partial charge in [-0.25, -0.2) is 0 Å². The first-order chi connectivity index (χ1) is 15.0. The van der Waals surface area contributed by atoms with Crippen molar-refractivity contribution in [2.45, 2.75) is 19.9 Å². The highest BCUT2D eigenvalue weighted by Crippen LogP contribution is 2.26. The molecule has 1 heterocycles. The summed E-state index contributed by atoms with van der Waals surface area (Å²) < 4.78 is 10.4. The molecule has 7 nitrogen and oxygen atoms in total. The molecular formula is C24H24N2O5. The number of phenols is 1. The van der Waals surface area contributed by atoms with Gasteiger partial charge in [-0.1, -0.05) is 31.2 Å². The fraction of sp³-hybridized carbons (Fsp3) is 0.208. The number of phenolic OH excluding ortho intramolecular Hbond substituents is 1. The molecule has 7 heteroatoms. The number of esters is 1. The lowest BCUT2D eigenvalue weighted by Gasteiger charge is -2.12. The predicted molar refractivity (Wildman–Crippen MR) is 115 cm³/mol. The fourth-order valence-electron chi connectivity index (χ4n) is 2.95. The number of para-hydroxylation sites is 1. The van der Waals surface area contributed by atoms with Crippen LogP contribution in [0, 0.1) is 5.92 Å². The van der Waals surface area contributed by atoms with Crippen molar-refractivity contribution in [3.8, 4) is 17.2 Å². The van der Waals surface area contributed by atoms with Crippen molar-refractivity contribution in [3.63, 3.8) is 0 Å². The highest BCUT2D eigenvalue weighted by atomic mass is 16.5. The number of aromatic nitrogens is 1. The van der Waals surface area contributed by atoms with E-state index in [1.807, 2.05) is 6.07 Å². The van der Waals surface area contributed by atoms with Crippen LogP contribution < -0.4 is 14.8 Å². The molecule has 2 aromatic carbocycles. The minimum absolute atomic E-state index is 0.0382. The zero-order valence-corrected chi connectivity index (χ0v) is 17.4. The highest BCUT2D eigenvalue weighted by molar-refractivity contribution is 5.94. The van der Waals surface area contributed by atoms with Gasteiger partial charge in [0.2, 0.25) is 0 Å². The van der Waals surface area contributed by atoms with Crippen LogP contribution in [0.15, 0.2) is 66.9 Å². The summed E-state index contributed by atoms with van der Waals surface area (Å²) in [5.41, 5.74) is 1.85. The maximum atomic E-state index is 12.5. The molecule has 1 aromatic heterocycles. The Hall–Kier alpha value is -3.87. The van der Waals surface area contributed by atoms with Gasteiger partial charge in [0.05, 0.1) is 13.0 Å². The predicted octanol–water partition coefficient (Wildman–Crippen LogP) is 3.51. The topological polar surface area (TPSA) is 97.8 Å². The van der Waals surface area contributed by atoms with Crippen LogP contribution in [-0.4, -0.2) is 29.1 Å². The number of hydrogen-bond acceptors (Lipinski definition) is 6. The summed E-state index contributed by atoms with van der Waals surface area (Å²) in [5, 5.41) is 12.5. The number of rotatable bonds is 8. The molecule has 0 spiro atoms. The van der Waals surface area contributed by atoms with Gasteiger partial charge in [-0.2, -0.15) is 0 Å². The van der Waals surface area contributed by atoms with Gasteiger partial charge in [-0.3, -0.25) is 14.6 Å². The standard InChI is InChI=1S/C24H24N2O5/c1-16(24(29)31-20-6-4-3-5-7-20)12-19-14-18(10-11-25-19)23(28)26-15-17-8-9-21(27)22(13-17)30-2/h3-11,13-14,16,27H,12,15H2,1-2H3,(H,26,28). The molecule has 1 amide bonds. The molecular weight excluding hydrogens is 396 g/mol. The van der Waals surface area contributed by atoms with E-state index in [4.69, 9.17) is 9.47 Å². The van der Waals surface area contributed by atoms with Crippen LogP contribution in [0.1, 0.15) is 28.5 Å². The Morgan fingerprint density at radius 3 is 2.61 bits per heavy atom. The molecule has 31 heavy (non-hydrogen) atoms. The van der Waals surface area contributed by atoms with E-state index in [9.17, 15) is 14.7 Å². The van der Waals surface area contributed by atoms with Crippen molar-refractivity contribution < 1.29 is 24.2 Å². The zero-order chi connectivity index (χ0) is 22.2. The number of methoxy groups -OCH3 is 1. The molecule has 0 saturated carbocycles. The van der Waals surface area contributed by atoms with Gasteiger partial charge < -0.3 is 19.9 Å². The van der Waals surface area contributed by atoms with Gasteiger partial charge in [0, 0.05) is 30.4 Å². The van der Waals surface area contributed by atoms with E-state index in [1.54, 1.807) is 61.7 Å². The van der Waals surface area contributed by atoms with Crippen molar-refractivity contribution in [3.05, 3.63) is 83.7 Å². The van der Waals surface area contributed by atoms with Gasteiger partial charge in [0.1, 0.15) is 5.75 Å². The van der Waals surface area contributed by atoms with Crippen molar-refractivity contribution in [1.82, 2.24) is 10.3 Å². The lowest BCUT2D eigenvalue weighted by Crippen LogP contribution is -2.23. The average molecular weight is 420 g/mol. The van der Waals surface area contributed by atoms with Crippen LogP contribution in [0.25, 0.3) is 0 Å². The van der Waals surface area contributed by atoms with E-state index in [0.29, 0.717) is 29.2 Å². The van der Waals surface area contributed by atoms with E-state index in [0.717, 1.165) is 5.56 Å². The number of nitrogens with one attached hydrogen (secondary N) is 1. The fourth-order valence-corrected chi connectivity index (χ4v) is 2.95. The summed E-state index contributed by atoms with van der Waals surface area (Å²) in [6.45, 7) is 2.03. The van der Waals surface area contributed by atoms with Crippen LogP contribution in [0.3, 0.4) is 0 Å². The number of ether oxygens (including phenoxy) is 2. The van der Waals surface area contributed by atoms with Crippen LogP contribution >= 0.6 is 0 Å². The number of pyridine rings is 1. The first kappa shape index (κ1) is 21.8. The summed E-state index contributed by atoms with van der Waals surface area (Å²) in [6, 6.07) is 17.0. The Kier molecular flexibility index (Phi) is 7.22. The number of hydrogen-bond donors (Lipinski definition) is 2. The minimum Gasteiger partial charge on any atom is -0.504 e. The normalized spacial score (nSPS) is 11.4. The number of aromatic hydroxyl groups is 1. The summed E-state index contributed by atoms with van der Waals surface area (Å²) >= 11 is 0. The van der Waals surface area contributed by atoms with Crippen molar-refractivity contribution >= 4 is 11.9 Å². The molecule has 0 fully saturated rings. The SMILES string of the molecule is COc1cc(CNC(=O)c2ccnc(CC(C)C(=O)Oc3ccccc3)c2)ccc1O. The molecule has 3 rings (SSSR count). The number of carbonyl (C=O) groups excluding carboxylic acids is 2. The first-order valence-electron chi connectivity index (χ1n) is 9.82. The molecule has 1 unspecified atom stereocenters. The molecule has 3 aromatic rings. The number of amides is 1. The zero-order valence-electron chi connectivity index (χ0n) is 17.4. The molecule has 160 valence electrons. The lowest BCUT2D eigenvalue weighted by molar-refractivity contribution is -0.138. The van der Waals surface area contributed by atoms with Crippen LogP contribution in [0.5, 0.6) is 17.2 Å². The Labute approximate surface area is 180 Å². The van der Waals surface area contributed by atoms with E-state index in [2.05, 4.69) is 10.3 Å². The number of nitrogens with zero attached hydrogens (tertiary/aromatic N) is 1. The third kappa shape index (κ3) is 6.05. The van der Waals surface area contributed by atoms with Crippen LogP contribution in [0.4, 0.5) is 0 Å². The second-order valence-corrected chi connectivity index (χ2v) is 7.06. The summed E-state index contributed by atoms with van der Waals surface area (Å²) in [7, 11) is 1.46. The molecule has 0 aliphatic heterocycles. The van der Waals surface area contributed by atoms with Gasteiger partial charge in [0.25, 0.3) is 5.91 Å². The Morgan fingerprint density at radius 2 is 1.87 bits per heavy atom. The number of benzene rings is 2. The highest BCUT2D eigenvalue weighted by Gasteiger charge is 2.18. The Bertz CT molecular complexity index is 1050. The average Bonchev–Trinajstić information content (AvgIpc) is 2.79. The Balaban J connectivity index is 1.58. The minimum atomic E-state index is -0.421. The van der Waals surface area contributed by atoms with Crippen molar-refractivity contribution in [2.24, 2.45) is 5.92 Å². The maximum Gasteiger partial charge on any atom is 0.314 e. The quantitative estimate of drug-likeness (QED) is 0.428. The van der Waals surface area contributed by atoms with Gasteiger partial charge in [-0.15, -0.1) is 0 Å². The van der Waals surface area contributed by atoms with Gasteiger partial charge in [-0.05, 0) is 42.0 Å². The molecule has 1 atom stereocenters. The second kappa shape index (κ2) is 10.2. The smallest absolute Gasteiger partial charge is 0.314 e. The van der Waals surface area contributed by atoms with Crippen molar-refractivity contribution in [1.29, 1.82) is 0 Å². The molecule has 2 N–H and O–H groups in total. The molecule has 0 radical (unpaired) electrons. The second-order valence-electron chi connectivity index (χ2n) is 7.06. The third-order valence-corrected chi connectivity index (χ3v) is 4.66. The molecule has 0 bridgehead atoms. The monoisotopic (exact) mass is 420 g/mol. The summed E-state index contributed by atoms with van der Waals surface area (Å²) in [4.78, 5) is 29.1. The largest absolute Gasteiger partial charge is 0.504 e. The summed E-state index contributed by atoms with van der Waals surface area (Å²) in [5.74, 6) is -0.174.